The van der Waals surface area contributed by atoms with Gasteiger partial charge in [0.25, 0.3) is 5.91 Å². The van der Waals surface area contributed by atoms with Crippen LogP contribution < -0.4 is 10.1 Å². The molecule has 0 radical (unpaired) electrons. The summed E-state index contributed by atoms with van der Waals surface area (Å²) in [5.74, 6) is 0.256. The van der Waals surface area contributed by atoms with Crippen molar-refractivity contribution in [3.63, 3.8) is 0 Å². The van der Waals surface area contributed by atoms with Gasteiger partial charge < -0.3 is 14.5 Å². The molecule has 0 saturated heterocycles. The van der Waals surface area contributed by atoms with E-state index in [0.29, 0.717) is 44.5 Å². The van der Waals surface area contributed by atoms with E-state index in [-0.39, 0.29) is 28.3 Å². The Hall–Kier alpha value is -2.80. The van der Waals surface area contributed by atoms with E-state index in [1.165, 1.54) is 0 Å². The Kier molecular flexibility index (Phi) is 6.05. The van der Waals surface area contributed by atoms with Crippen molar-refractivity contribution in [1.29, 1.82) is 0 Å². The highest BCUT2D eigenvalue weighted by Crippen LogP contribution is 2.42. The molecule has 6 nitrogen and oxygen atoms in total. The Morgan fingerprint density at radius 3 is 2.52 bits per heavy atom. The summed E-state index contributed by atoms with van der Waals surface area (Å²) in [6.07, 6.45) is 1.65. The Balaban J connectivity index is 1.48. The normalized spacial score (nSPS) is 11.0. The molecule has 0 unspecified atom stereocenters. The van der Waals surface area contributed by atoms with Crippen LogP contribution in [0.25, 0.3) is 22.7 Å². The SMILES string of the molecule is Cc1c(Cl)c(C)c(Cl)c(OCC(=O)Nc2cccc(-c3nc4ncccc4o3)c2)c1Cl. The van der Waals surface area contributed by atoms with Gasteiger partial charge in [0.1, 0.15) is 0 Å². The fraction of sp³-hybridized carbons (Fsp3) is 0.136. The molecular weight excluding hydrogens is 461 g/mol. The predicted molar refractivity (Wildman–Crippen MR) is 122 cm³/mol. The van der Waals surface area contributed by atoms with Gasteiger partial charge in [-0.15, -0.1) is 0 Å². The van der Waals surface area contributed by atoms with Gasteiger partial charge >= 0.3 is 0 Å². The number of hydrogen-bond donors (Lipinski definition) is 1. The van der Waals surface area contributed by atoms with Crippen LogP contribution in [0.15, 0.2) is 47.0 Å². The number of oxazole rings is 1. The summed E-state index contributed by atoms with van der Waals surface area (Å²) in [4.78, 5) is 21.0. The first-order valence-electron chi connectivity index (χ1n) is 9.23. The van der Waals surface area contributed by atoms with Gasteiger partial charge in [0.2, 0.25) is 5.89 Å². The van der Waals surface area contributed by atoms with Crippen LogP contribution >= 0.6 is 34.8 Å². The van der Waals surface area contributed by atoms with Gasteiger partial charge in [-0.1, -0.05) is 40.9 Å². The molecule has 9 heteroatoms. The number of ether oxygens (including phenoxy) is 1. The lowest BCUT2D eigenvalue weighted by Gasteiger charge is -2.15. The van der Waals surface area contributed by atoms with Crippen LogP contribution in [0.2, 0.25) is 15.1 Å². The molecule has 0 fully saturated rings. The molecule has 0 atom stereocenters. The Labute approximate surface area is 193 Å². The fourth-order valence-electron chi connectivity index (χ4n) is 2.99. The van der Waals surface area contributed by atoms with Crippen molar-refractivity contribution in [3.8, 4) is 17.2 Å². The Morgan fingerprint density at radius 2 is 1.81 bits per heavy atom. The van der Waals surface area contributed by atoms with Crippen LogP contribution in [-0.2, 0) is 4.79 Å². The second-order valence-electron chi connectivity index (χ2n) is 6.78. The quantitative estimate of drug-likeness (QED) is 0.356. The number of aromatic nitrogens is 2. The highest BCUT2D eigenvalue weighted by molar-refractivity contribution is 6.42. The molecule has 1 N–H and O–H groups in total. The molecule has 0 aliphatic rings. The number of halogens is 3. The third kappa shape index (κ3) is 4.32. The zero-order valence-electron chi connectivity index (χ0n) is 16.5. The summed E-state index contributed by atoms with van der Waals surface area (Å²) in [5, 5.41) is 3.80. The zero-order chi connectivity index (χ0) is 22.1. The van der Waals surface area contributed by atoms with Crippen LogP contribution in [0, 0.1) is 13.8 Å². The molecule has 4 rings (SSSR count). The number of carbonyl (C=O) groups excluding carboxylic acids is 1. The Morgan fingerprint density at radius 1 is 1.06 bits per heavy atom. The number of fused-ring (bicyclic) bond motifs is 1. The maximum atomic E-state index is 12.4. The van der Waals surface area contributed by atoms with E-state index < -0.39 is 0 Å². The lowest BCUT2D eigenvalue weighted by Crippen LogP contribution is -2.20. The van der Waals surface area contributed by atoms with Crippen LogP contribution in [-0.4, -0.2) is 22.5 Å². The third-order valence-corrected chi connectivity index (χ3v) is 6.10. The van der Waals surface area contributed by atoms with Gasteiger partial charge in [-0.2, -0.15) is 4.98 Å². The van der Waals surface area contributed by atoms with E-state index in [2.05, 4.69) is 15.3 Å². The summed E-state index contributed by atoms with van der Waals surface area (Å²) in [5.41, 5.74) is 3.64. The summed E-state index contributed by atoms with van der Waals surface area (Å²) in [7, 11) is 0. The topological polar surface area (TPSA) is 77.2 Å². The summed E-state index contributed by atoms with van der Waals surface area (Å²) < 4.78 is 11.3. The third-order valence-electron chi connectivity index (χ3n) is 4.62. The molecule has 0 aliphatic carbocycles. The average Bonchev–Trinajstić information content (AvgIpc) is 3.21. The van der Waals surface area contributed by atoms with E-state index in [1.54, 1.807) is 50.4 Å². The first kappa shape index (κ1) is 21.4. The number of anilines is 1. The number of amides is 1. The minimum absolute atomic E-state index is 0.227. The lowest BCUT2D eigenvalue weighted by atomic mass is 10.1. The van der Waals surface area contributed by atoms with Crippen LogP contribution in [0.5, 0.6) is 5.75 Å². The molecule has 4 aromatic rings. The van der Waals surface area contributed by atoms with E-state index in [0.717, 1.165) is 0 Å². The monoisotopic (exact) mass is 475 g/mol. The van der Waals surface area contributed by atoms with Gasteiger partial charge in [0.15, 0.2) is 23.6 Å². The number of hydrogen-bond acceptors (Lipinski definition) is 5. The highest BCUT2D eigenvalue weighted by atomic mass is 35.5. The smallest absolute Gasteiger partial charge is 0.262 e. The number of carbonyl (C=O) groups is 1. The van der Waals surface area contributed by atoms with Gasteiger partial charge in [0.05, 0.1) is 10.0 Å². The number of nitrogens with zero attached hydrogens (tertiary/aromatic N) is 2. The molecule has 1 amide bonds. The maximum absolute atomic E-state index is 12.4. The number of pyridine rings is 1. The van der Waals surface area contributed by atoms with Gasteiger partial charge in [-0.3, -0.25) is 4.79 Å². The molecule has 31 heavy (non-hydrogen) atoms. The number of nitrogens with one attached hydrogen (secondary N) is 1. The first-order valence-corrected chi connectivity index (χ1v) is 10.4. The number of benzene rings is 2. The molecule has 2 heterocycles. The maximum Gasteiger partial charge on any atom is 0.262 e. The molecule has 2 aromatic heterocycles. The van der Waals surface area contributed by atoms with Crippen molar-refractivity contribution in [3.05, 3.63) is 68.8 Å². The van der Waals surface area contributed by atoms with Gasteiger partial charge in [-0.25, -0.2) is 4.98 Å². The van der Waals surface area contributed by atoms with Crippen LogP contribution in [0.4, 0.5) is 5.69 Å². The highest BCUT2D eigenvalue weighted by Gasteiger charge is 2.19. The van der Waals surface area contributed by atoms with Crippen molar-refractivity contribution < 1.29 is 13.9 Å². The fourth-order valence-corrected chi connectivity index (χ4v) is 3.82. The minimum atomic E-state index is -0.381. The van der Waals surface area contributed by atoms with Crippen LogP contribution in [0.1, 0.15) is 11.1 Å². The largest absolute Gasteiger partial charge is 0.481 e. The molecule has 0 aliphatic heterocycles. The summed E-state index contributed by atoms with van der Waals surface area (Å²) >= 11 is 18.8. The van der Waals surface area contributed by atoms with E-state index in [4.69, 9.17) is 44.0 Å². The van der Waals surface area contributed by atoms with Crippen molar-refractivity contribution in [1.82, 2.24) is 9.97 Å². The second kappa shape index (κ2) is 8.75. The van der Waals surface area contributed by atoms with E-state index in [9.17, 15) is 4.79 Å². The molecule has 2 aromatic carbocycles. The van der Waals surface area contributed by atoms with Gasteiger partial charge in [-0.05, 0) is 55.3 Å². The van der Waals surface area contributed by atoms with Crippen LogP contribution in [0.3, 0.4) is 0 Å². The van der Waals surface area contributed by atoms with Crippen molar-refractivity contribution in [2.75, 3.05) is 11.9 Å². The average molecular weight is 477 g/mol. The molecule has 0 spiro atoms. The first-order chi connectivity index (χ1) is 14.8. The second-order valence-corrected chi connectivity index (χ2v) is 7.92. The zero-order valence-corrected chi connectivity index (χ0v) is 18.8. The molecular formula is C22H16Cl3N3O3. The van der Waals surface area contributed by atoms with Crippen molar-refractivity contribution >= 4 is 57.6 Å². The number of rotatable bonds is 5. The standard InChI is InChI=1S/C22H16Cl3N3O3/c1-11-17(23)12(2)19(25)20(18(11)24)30-10-16(29)27-14-6-3-5-13(9-14)22-28-21-15(31-22)7-4-8-26-21/h3-9H,10H2,1-2H3,(H,27,29). The predicted octanol–water partition coefficient (Wildman–Crippen LogP) is 6.48. The van der Waals surface area contributed by atoms with E-state index >= 15 is 0 Å². The minimum Gasteiger partial charge on any atom is -0.481 e. The summed E-state index contributed by atoms with van der Waals surface area (Å²) in [6, 6.07) is 10.7. The summed E-state index contributed by atoms with van der Waals surface area (Å²) in [6.45, 7) is 3.24. The van der Waals surface area contributed by atoms with Crippen molar-refractivity contribution in [2.24, 2.45) is 0 Å². The molecule has 0 saturated carbocycles. The Bertz CT molecular complexity index is 1240. The van der Waals surface area contributed by atoms with Crippen molar-refractivity contribution in [2.45, 2.75) is 13.8 Å². The van der Waals surface area contributed by atoms with Gasteiger partial charge in [0, 0.05) is 22.5 Å². The molecule has 0 bridgehead atoms. The van der Waals surface area contributed by atoms with E-state index in [1.807, 2.05) is 6.07 Å². The molecule has 158 valence electrons. The lowest BCUT2D eigenvalue weighted by molar-refractivity contribution is -0.118.